The molecule has 0 aromatic rings. The molecule has 0 bridgehead atoms. The first-order valence-corrected chi connectivity index (χ1v) is 11.7. The Bertz CT molecular complexity index is 406. The molecule has 5 heteroatoms. The van der Waals surface area contributed by atoms with Gasteiger partial charge in [-0.25, -0.2) is 9.59 Å². The molecule has 0 atom stereocenters. The average Bonchev–Trinajstić information content (AvgIpc) is 2.70. The summed E-state index contributed by atoms with van der Waals surface area (Å²) in [5.41, 5.74) is 0.947. The van der Waals surface area contributed by atoms with Gasteiger partial charge in [-0.3, -0.25) is 0 Å². The number of rotatable bonds is 18. The summed E-state index contributed by atoms with van der Waals surface area (Å²) in [7, 11) is 0. The molecule has 29 heavy (non-hydrogen) atoms. The van der Waals surface area contributed by atoms with Gasteiger partial charge < -0.3 is 9.47 Å². The van der Waals surface area contributed by atoms with E-state index >= 15 is 0 Å². The second kappa shape index (κ2) is 22.2. The van der Waals surface area contributed by atoms with Crippen molar-refractivity contribution in [3.8, 4) is 0 Å². The molecule has 0 unspecified atom stereocenters. The van der Waals surface area contributed by atoms with Crippen molar-refractivity contribution < 1.29 is 19.1 Å². The van der Waals surface area contributed by atoms with Gasteiger partial charge in [-0.1, -0.05) is 91.9 Å². The molecule has 0 rings (SSSR count). The Labute approximate surface area is 196 Å². The Morgan fingerprint density at radius 1 is 0.517 bits per heavy atom. The van der Waals surface area contributed by atoms with Crippen LogP contribution in [0.5, 0.6) is 0 Å². The summed E-state index contributed by atoms with van der Waals surface area (Å²) < 4.78 is 10.8. The first kappa shape index (κ1) is 30.7. The summed E-state index contributed by atoms with van der Waals surface area (Å²) in [6.45, 7) is 9.03. The fraction of sp³-hybridized carbons (Fsp3) is 0.833. The summed E-state index contributed by atoms with van der Waals surface area (Å²) in [4.78, 5) is 24.8. The number of ether oxygens (including phenoxy) is 2. The van der Waals surface area contributed by atoms with Crippen molar-refractivity contribution in [2.45, 2.75) is 118 Å². The fourth-order valence-corrected chi connectivity index (χ4v) is 3.23. The maximum absolute atomic E-state index is 12.4. The number of unbranched alkanes of at least 4 members (excludes halogenated alkanes) is 10. The van der Waals surface area contributed by atoms with Crippen molar-refractivity contribution in [1.29, 1.82) is 0 Å². The molecular formula is C24H46O4Sn. The molecule has 0 saturated carbocycles. The van der Waals surface area contributed by atoms with Gasteiger partial charge in [-0.15, -0.1) is 0 Å². The van der Waals surface area contributed by atoms with Gasteiger partial charge in [-0.2, -0.15) is 0 Å². The molecule has 0 heterocycles. The van der Waals surface area contributed by atoms with Crippen molar-refractivity contribution in [2.24, 2.45) is 0 Å². The van der Waals surface area contributed by atoms with Crippen LogP contribution in [-0.4, -0.2) is 49.1 Å². The monoisotopic (exact) mass is 518 g/mol. The van der Waals surface area contributed by atoms with Crippen LogP contribution < -0.4 is 0 Å². The Balaban J connectivity index is 0. The van der Waals surface area contributed by atoms with Crippen molar-refractivity contribution in [1.82, 2.24) is 0 Å². The van der Waals surface area contributed by atoms with Gasteiger partial charge in [0.25, 0.3) is 0 Å². The van der Waals surface area contributed by atoms with Crippen LogP contribution in [0.3, 0.4) is 0 Å². The van der Waals surface area contributed by atoms with Crippen LogP contribution in [0.1, 0.15) is 118 Å². The SMILES string of the molecule is CCCCCCCCOC(=O)/C(CC)=C(/CC)C(=O)OCCCCCCCC.[SnH2]. The van der Waals surface area contributed by atoms with Crippen LogP contribution in [0, 0.1) is 0 Å². The third-order valence-corrected chi connectivity index (χ3v) is 5.03. The van der Waals surface area contributed by atoms with E-state index in [9.17, 15) is 9.59 Å². The molecule has 0 aromatic heterocycles. The molecule has 2 radical (unpaired) electrons. The summed E-state index contributed by atoms with van der Waals surface area (Å²) >= 11 is 0. The van der Waals surface area contributed by atoms with Crippen LogP contribution in [0.2, 0.25) is 0 Å². The van der Waals surface area contributed by atoms with Gasteiger partial charge in [-0.05, 0) is 25.7 Å². The molecule has 0 aliphatic heterocycles. The van der Waals surface area contributed by atoms with Crippen molar-refractivity contribution in [3.63, 3.8) is 0 Å². The van der Waals surface area contributed by atoms with Gasteiger partial charge in [0.2, 0.25) is 0 Å². The van der Waals surface area contributed by atoms with Crippen molar-refractivity contribution >= 4 is 35.8 Å². The molecule has 0 N–H and O–H groups in total. The minimum absolute atomic E-state index is 0. The van der Waals surface area contributed by atoms with Crippen LogP contribution >= 0.6 is 0 Å². The van der Waals surface area contributed by atoms with E-state index in [4.69, 9.17) is 9.47 Å². The minimum atomic E-state index is -0.357. The van der Waals surface area contributed by atoms with Crippen LogP contribution in [0.15, 0.2) is 11.1 Å². The summed E-state index contributed by atoms with van der Waals surface area (Å²) in [5, 5.41) is 0. The second-order valence-electron chi connectivity index (χ2n) is 7.47. The zero-order valence-electron chi connectivity index (χ0n) is 19.7. The van der Waals surface area contributed by atoms with E-state index in [-0.39, 0.29) is 35.8 Å². The fourth-order valence-electron chi connectivity index (χ4n) is 3.23. The Hall–Kier alpha value is -0.521. The van der Waals surface area contributed by atoms with Crippen LogP contribution in [0.25, 0.3) is 0 Å². The summed E-state index contributed by atoms with van der Waals surface area (Å²) in [5.74, 6) is -0.714. The Morgan fingerprint density at radius 3 is 1.14 bits per heavy atom. The molecular weight excluding hydrogens is 471 g/mol. The molecule has 0 aliphatic rings. The molecule has 0 saturated heterocycles. The van der Waals surface area contributed by atoms with Gasteiger partial charge in [0.1, 0.15) is 0 Å². The predicted molar refractivity (Wildman–Crippen MR) is 125 cm³/mol. The zero-order valence-corrected chi connectivity index (χ0v) is 23.7. The van der Waals surface area contributed by atoms with E-state index < -0.39 is 0 Å². The molecule has 0 aromatic carbocycles. The molecule has 0 fully saturated rings. The summed E-state index contributed by atoms with van der Waals surface area (Å²) in [6, 6.07) is 0. The molecule has 0 spiro atoms. The maximum atomic E-state index is 12.4. The van der Waals surface area contributed by atoms with Gasteiger partial charge in [0.15, 0.2) is 0 Å². The van der Waals surface area contributed by atoms with Crippen LogP contribution in [0.4, 0.5) is 0 Å². The number of hydrogen-bond donors (Lipinski definition) is 0. The standard InChI is InChI=1S/C24H44O4.Sn.2H/c1-5-9-11-13-15-17-19-27-23(25)21(7-3)22(8-4)24(26)28-20-18-16-14-12-10-6-2;;;/h5-20H2,1-4H3;;;/b22-21-;;;. The Kier molecular flexibility index (Phi) is 23.4. The number of carbonyl (C=O) groups is 2. The number of esters is 2. The van der Waals surface area contributed by atoms with E-state index in [2.05, 4.69) is 13.8 Å². The number of hydrogen-bond acceptors (Lipinski definition) is 4. The first-order chi connectivity index (χ1) is 13.6. The molecule has 0 aliphatic carbocycles. The molecule has 0 amide bonds. The van der Waals surface area contributed by atoms with E-state index in [0.717, 1.165) is 25.7 Å². The zero-order chi connectivity index (χ0) is 21.0. The van der Waals surface area contributed by atoms with E-state index in [1.54, 1.807) is 0 Å². The van der Waals surface area contributed by atoms with Crippen molar-refractivity contribution in [3.05, 3.63) is 11.1 Å². The van der Waals surface area contributed by atoms with Gasteiger partial charge >= 0.3 is 35.8 Å². The topological polar surface area (TPSA) is 52.6 Å². The van der Waals surface area contributed by atoms with E-state index in [1.807, 2.05) is 13.8 Å². The molecule has 4 nitrogen and oxygen atoms in total. The van der Waals surface area contributed by atoms with Gasteiger partial charge in [0.05, 0.1) is 13.2 Å². The molecule has 170 valence electrons. The second-order valence-corrected chi connectivity index (χ2v) is 7.47. The Morgan fingerprint density at radius 2 is 0.828 bits per heavy atom. The van der Waals surface area contributed by atoms with E-state index in [1.165, 1.54) is 51.4 Å². The average molecular weight is 517 g/mol. The number of carbonyl (C=O) groups excluding carboxylic acids is 2. The summed E-state index contributed by atoms with van der Waals surface area (Å²) in [6.07, 6.45) is 14.8. The quantitative estimate of drug-likeness (QED) is 0.0970. The normalized spacial score (nSPS) is 11.4. The predicted octanol–water partition coefficient (Wildman–Crippen LogP) is 5.99. The van der Waals surface area contributed by atoms with Crippen LogP contribution in [-0.2, 0) is 19.1 Å². The first-order valence-electron chi connectivity index (χ1n) is 11.7. The van der Waals surface area contributed by atoms with Crippen molar-refractivity contribution in [2.75, 3.05) is 13.2 Å². The van der Waals surface area contributed by atoms with Gasteiger partial charge in [0, 0.05) is 11.1 Å². The van der Waals surface area contributed by atoms with E-state index in [0.29, 0.717) is 37.2 Å². The third-order valence-electron chi connectivity index (χ3n) is 5.03. The third kappa shape index (κ3) is 15.9.